The van der Waals surface area contributed by atoms with Crippen molar-refractivity contribution < 1.29 is 4.79 Å². The number of carbonyl (C=O) groups excluding carboxylic acids is 1. The van der Waals surface area contributed by atoms with Crippen molar-refractivity contribution in [3.8, 4) is 0 Å². The van der Waals surface area contributed by atoms with Crippen molar-refractivity contribution in [3.63, 3.8) is 0 Å². The second-order valence-electron chi connectivity index (χ2n) is 2.27. The number of piperidine rings is 1. The molecule has 0 saturated carbocycles. The van der Waals surface area contributed by atoms with Crippen LogP contribution in [0, 0.1) is 0 Å². The van der Waals surface area contributed by atoms with E-state index < -0.39 is 0 Å². The van der Waals surface area contributed by atoms with Gasteiger partial charge in [-0.2, -0.15) is 0 Å². The highest BCUT2D eigenvalue weighted by atomic mass is 28.1. The maximum absolute atomic E-state index is 10.9. The molecule has 1 aliphatic rings. The van der Waals surface area contributed by atoms with Crippen LogP contribution in [0.3, 0.4) is 0 Å². The van der Waals surface area contributed by atoms with Gasteiger partial charge >= 0.3 is 0 Å². The van der Waals surface area contributed by atoms with Gasteiger partial charge in [-0.15, -0.1) is 0 Å². The van der Waals surface area contributed by atoms with Crippen LogP contribution in [0.1, 0.15) is 19.3 Å². The van der Waals surface area contributed by atoms with Crippen molar-refractivity contribution in [2.75, 3.05) is 12.7 Å². The summed E-state index contributed by atoms with van der Waals surface area (Å²) in [4.78, 5) is 12.8. The molecule has 0 aliphatic carbocycles. The van der Waals surface area contributed by atoms with Crippen LogP contribution in [0.4, 0.5) is 0 Å². The summed E-state index contributed by atoms with van der Waals surface area (Å²) >= 11 is 0. The molecule has 1 amide bonds. The molecule has 1 aliphatic heterocycles. The van der Waals surface area contributed by atoms with E-state index >= 15 is 0 Å². The zero-order valence-corrected chi connectivity index (χ0v) is 6.39. The summed E-state index contributed by atoms with van der Waals surface area (Å²) in [6.07, 6.45) is 3.67. The van der Waals surface area contributed by atoms with Crippen molar-refractivity contribution in [3.05, 3.63) is 0 Å². The van der Waals surface area contributed by atoms with Gasteiger partial charge in [-0.25, -0.2) is 0 Å². The van der Waals surface area contributed by atoms with Crippen LogP contribution in [-0.4, -0.2) is 33.8 Å². The fraction of sp³-hybridized carbons (Fsp3) is 0.833. The van der Waals surface area contributed by atoms with Gasteiger partial charge in [0.25, 0.3) is 0 Å². The zero-order chi connectivity index (χ0) is 6.69. The number of hydrogen-bond donors (Lipinski definition) is 0. The topological polar surface area (TPSA) is 20.3 Å². The van der Waals surface area contributed by atoms with Crippen LogP contribution in [0.5, 0.6) is 0 Å². The van der Waals surface area contributed by atoms with Gasteiger partial charge < -0.3 is 4.90 Å². The van der Waals surface area contributed by atoms with E-state index in [4.69, 9.17) is 0 Å². The van der Waals surface area contributed by atoms with Gasteiger partial charge in [0.05, 0.1) is 10.2 Å². The minimum absolute atomic E-state index is 0.288. The average molecular weight is 140 g/mol. The Labute approximate surface area is 58.7 Å². The van der Waals surface area contributed by atoms with E-state index in [9.17, 15) is 4.79 Å². The summed E-state index contributed by atoms with van der Waals surface area (Å²) in [5, 5.41) is 0. The summed E-state index contributed by atoms with van der Waals surface area (Å²) in [5.41, 5.74) is 0. The SMILES string of the molecule is O=C1CCCCN1C[Si]. The first kappa shape index (κ1) is 6.80. The lowest BCUT2D eigenvalue weighted by Crippen LogP contribution is -2.35. The number of hydrogen-bond acceptors (Lipinski definition) is 1. The first-order valence-corrected chi connectivity index (χ1v) is 3.97. The van der Waals surface area contributed by atoms with Crippen LogP contribution >= 0.6 is 0 Å². The van der Waals surface area contributed by atoms with E-state index in [1.54, 1.807) is 0 Å². The van der Waals surface area contributed by atoms with Crippen LogP contribution < -0.4 is 0 Å². The summed E-state index contributed by atoms with van der Waals surface area (Å²) in [7, 11) is 3.30. The highest BCUT2D eigenvalue weighted by Gasteiger charge is 2.14. The van der Waals surface area contributed by atoms with E-state index in [1.807, 2.05) is 4.90 Å². The normalized spacial score (nSPS) is 20.6. The highest BCUT2D eigenvalue weighted by molar-refractivity contribution is 6.10. The lowest BCUT2D eigenvalue weighted by Gasteiger charge is -2.24. The third-order valence-electron chi connectivity index (χ3n) is 1.61. The minimum Gasteiger partial charge on any atom is -0.346 e. The van der Waals surface area contributed by atoms with E-state index in [0.29, 0.717) is 6.17 Å². The molecule has 1 rings (SSSR count). The van der Waals surface area contributed by atoms with Crippen molar-refractivity contribution in [1.82, 2.24) is 4.90 Å². The summed E-state index contributed by atoms with van der Waals surface area (Å²) < 4.78 is 0. The Morgan fingerprint density at radius 2 is 2.33 bits per heavy atom. The molecule has 1 heterocycles. The van der Waals surface area contributed by atoms with Crippen molar-refractivity contribution in [2.45, 2.75) is 19.3 Å². The molecule has 0 bridgehead atoms. The number of rotatable bonds is 1. The predicted octanol–water partition coefficient (Wildman–Crippen LogP) is 0.125. The molecule has 3 heteroatoms. The largest absolute Gasteiger partial charge is 0.346 e. The molecule has 0 aromatic carbocycles. The molecular formula is C6H10NOSi. The molecule has 0 atom stereocenters. The maximum atomic E-state index is 10.9. The lowest BCUT2D eigenvalue weighted by atomic mass is 10.1. The Kier molecular flexibility index (Phi) is 2.27. The van der Waals surface area contributed by atoms with Gasteiger partial charge in [-0.05, 0) is 12.8 Å². The standard InChI is InChI=1S/C6H10NOSi/c8-6-3-1-2-4-7(6)5-9/h1-5H2. The molecule has 1 saturated heterocycles. The number of nitrogens with zero attached hydrogens (tertiary/aromatic N) is 1. The third kappa shape index (κ3) is 1.54. The number of likely N-dealkylation sites (tertiary alicyclic amines) is 1. The zero-order valence-electron chi connectivity index (χ0n) is 5.39. The minimum atomic E-state index is 0.288. The van der Waals surface area contributed by atoms with Crippen LogP contribution in [0.15, 0.2) is 0 Å². The maximum Gasteiger partial charge on any atom is 0.222 e. The molecule has 0 spiro atoms. The fourth-order valence-corrected chi connectivity index (χ4v) is 1.36. The van der Waals surface area contributed by atoms with Crippen LogP contribution in [0.25, 0.3) is 0 Å². The monoisotopic (exact) mass is 140 g/mol. The predicted molar refractivity (Wildman–Crippen MR) is 36.2 cm³/mol. The van der Waals surface area contributed by atoms with Crippen molar-refractivity contribution >= 4 is 16.1 Å². The molecule has 49 valence electrons. The Bertz CT molecular complexity index is 116. The van der Waals surface area contributed by atoms with E-state index in [-0.39, 0.29) is 5.91 Å². The second kappa shape index (κ2) is 3.01. The van der Waals surface area contributed by atoms with Crippen LogP contribution in [-0.2, 0) is 4.79 Å². The lowest BCUT2D eigenvalue weighted by molar-refractivity contribution is -0.132. The molecule has 0 aromatic rings. The highest BCUT2D eigenvalue weighted by Crippen LogP contribution is 2.08. The van der Waals surface area contributed by atoms with Gasteiger partial charge in [0, 0.05) is 19.1 Å². The van der Waals surface area contributed by atoms with Gasteiger partial charge in [0.2, 0.25) is 5.91 Å². The van der Waals surface area contributed by atoms with Gasteiger partial charge in [-0.3, -0.25) is 4.79 Å². The van der Waals surface area contributed by atoms with Crippen molar-refractivity contribution in [2.24, 2.45) is 0 Å². The Morgan fingerprint density at radius 3 is 2.78 bits per heavy atom. The molecule has 0 unspecified atom stereocenters. The molecule has 0 aromatic heterocycles. The van der Waals surface area contributed by atoms with Crippen molar-refractivity contribution in [1.29, 1.82) is 0 Å². The first-order valence-electron chi connectivity index (χ1n) is 3.27. The molecular weight excluding hydrogens is 130 g/mol. The smallest absolute Gasteiger partial charge is 0.222 e. The van der Waals surface area contributed by atoms with E-state index in [2.05, 4.69) is 10.2 Å². The van der Waals surface area contributed by atoms with E-state index in [0.717, 1.165) is 25.8 Å². The van der Waals surface area contributed by atoms with Gasteiger partial charge in [-0.1, -0.05) is 0 Å². The molecule has 0 N–H and O–H groups in total. The summed E-state index contributed by atoms with van der Waals surface area (Å²) in [6, 6.07) is 0. The number of carbonyl (C=O) groups is 1. The first-order chi connectivity index (χ1) is 4.34. The quantitative estimate of drug-likeness (QED) is 0.474. The third-order valence-corrected chi connectivity index (χ3v) is 1.99. The van der Waals surface area contributed by atoms with E-state index in [1.165, 1.54) is 0 Å². The Hall–Kier alpha value is -0.313. The number of amides is 1. The van der Waals surface area contributed by atoms with Crippen LogP contribution in [0.2, 0.25) is 0 Å². The molecule has 1 fully saturated rings. The van der Waals surface area contributed by atoms with Gasteiger partial charge in [0.1, 0.15) is 0 Å². The fourth-order valence-electron chi connectivity index (χ4n) is 1.03. The summed E-state index contributed by atoms with van der Waals surface area (Å²) in [6.45, 7) is 0.933. The second-order valence-corrected chi connectivity index (χ2v) is 2.59. The Balaban J connectivity index is 2.39. The average Bonchev–Trinajstić information content (AvgIpc) is 1.89. The molecule has 3 radical (unpaired) electrons. The molecule has 2 nitrogen and oxygen atoms in total. The Morgan fingerprint density at radius 1 is 1.56 bits per heavy atom. The molecule has 9 heavy (non-hydrogen) atoms. The van der Waals surface area contributed by atoms with Gasteiger partial charge in [0.15, 0.2) is 0 Å². The summed E-state index contributed by atoms with van der Waals surface area (Å²) in [5.74, 6) is 0.288.